The molecule has 2 fully saturated rings. The van der Waals surface area contributed by atoms with E-state index in [9.17, 15) is 4.79 Å². The molecule has 5 heteroatoms. The molecule has 3 heterocycles. The lowest BCUT2D eigenvalue weighted by molar-refractivity contribution is 0.0733. The minimum absolute atomic E-state index is 0.0606. The van der Waals surface area contributed by atoms with Crippen molar-refractivity contribution < 1.29 is 9.53 Å². The minimum Gasteiger partial charge on any atom is -0.494 e. The van der Waals surface area contributed by atoms with Gasteiger partial charge in [-0.25, -0.2) is 0 Å². The number of pyridine rings is 1. The Kier molecular flexibility index (Phi) is 2.91. The molecule has 2 saturated heterocycles. The molecule has 0 saturated carbocycles. The first kappa shape index (κ1) is 11.5. The zero-order valence-corrected chi connectivity index (χ0v) is 10.4. The Balaban J connectivity index is 1.86. The van der Waals surface area contributed by atoms with Crippen LogP contribution in [0.5, 0.6) is 5.75 Å². The summed E-state index contributed by atoms with van der Waals surface area (Å²) in [6, 6.07) is 2.08. The molecule has 5 nitrogen and oxygen atoms in total. The van der Waals surface area contributed by atoms with Crippen molar-refractivity contribution in [1.82, 2.24) is 15.2 Å². The highest BCUT2D eigenvalue weighted by Gasteiger charge is 2.40. The van der Waals surface area contributed by atoms with E-state index in [4.69, 9.17) is 4.74 Å². The molecule has 0 radical (unpaired) electrons. The molecule has 2 aliphatic heterocycles. The fourth-order valence-corrected chi connectivity index (χ4v) is 2.98. The summed E-state index contributed by atoms with van der Waals surface area (Å²) >= 11 is 0. The number of fused-ring (bicyclic) bond motifs is 1. The Hall–Kier alpha value is -1.62. The molecular formula is C13H17N3O2. The molecule has 1 N–H and O–H groups in total. The normalized spacial score (nSPS) is 26.2. The van der Waals surface area contributed by atoms with Gasteiger partial charge in [-0.05, 0) is 18.4 Å². The van der Waals surface area contributed by atoms with Crippen LogP contribution in [0.3, 0.4) is 0 Å². The van der Waals surface area contributed by atoms with E-state index in [1.165, 1.54) is 0 Å². The number of nitrogens with zero attached hydrogens (tertiary/aromatic N) is 2. The molecular weight excluding hydrogens is 230 g/mol. The van der Waals surface area contributed by atoms with Crippen molar-refractivity contribution in [2.24, 2.45) is 5.92 Å². The van der Waals surface area contributed by atoms with Crippen LogP contribution in [0.1, 0.15) is 16.8 Å². The van der Waals surface area contributed by atoms with E-state index in [-0.39, 0.29) is 5.91 Å². The molecule has 2 atom stereocenters. The largest absolute Gasteiger partial charge is 0.494 e. The van der Waals surface area contributed by atoms with E-state index in [1.807, 2.05) is 4.90 Å². The topological polar surface area (TPSA) is 54.5 Å². The number of likely N-dealkylation sites (tertiary alicyclic amines) is 1. The standard InChI is InChI=1S/C13H17N3O2/c1-18-12-8-14-4-2-10(12)13(17)16-5-3-9-6-15-7-11(9)16/h2,4,8-9,11,15H,3,5-7H2,1H3/t9-,11+/m0/s1. The number of aromatic nitrogens is 1. The Morgan fingerprint density at radius 2 is 2.44 bits per heavy atom. The predicted molar refractivity (Wildman–Crippen MR) is 66.6 cm³/mol. The molecule has 0 aromatic carbocycles. The fourth-order valence-electron chi connectivity index (χ4n) is 2.98. The number of nitrogens with one attached hydrogen (secondary N) is 1. The number of hydrogen-bond donors (Lipinski definition) is 1. The van der Waals surface area contributed by atoms with Crippen LogP contribution in [0.15, 0.2) is 18.5 Å². The zero-order chi connectivity index (χ0) is 12.5. The number of amides is 1. The average Bonchev–Trinajstić information content (AvgIpc) is 3.00. The van der Waals surface area contributed by atoms with Gasteiger partial charge in [0.25, 0.3) is 5.91 Å². The van der Waals surface area contributed by atoms with E-state index in [0.717, 1.165) is 26.1 Å². The third-order valence-electron chi connectivity index (χ3n) is 3.94. The van der Waals surface area contributed by atoms with Gasteiger partial charge in [0.05, 0.1) is 18.9 Å². The average molecular weight is 247 g/mol. The number of carbonyl (C=O) groups is 1. The van der Waals surface area contributed by atoms with Crippen molar-refractivity contribution in [2.45, 2.75) is 12.5 Å². The van der Waals surface area contributed by atoms with Gasteiger partial charge < -0.3 is 15.0 Å². The first-order valence-electron chi connectivity index (χ1n) is 6.31. The van der Waals surface area contributed by atoms with Gasteiger partial charge in [0.15, 0.2) is 0 Å². The zero-order valence-electron chi connectivity index (χ0n) is 10.4. The quantitative estimate of drug-likeness (QED) is 0.828. The molecule has 3 rings (SSSR count). The molecule has 96 valence electrons. The van der Waals surface area contributed by atoms with E-state index in [2.05, 4.69) is 10.3 Å². The Labute approximate surface area is 106 Å². The number of methoxy groups -OCH3 is 1. The summed E-state index contributed by atoms with van der Waals surface area (Å²) in [4.78, 5) is 18.5. The van der Waals surface area contributed by atoms with Crippen LogP contribution >= 0.6 is 0 Å². The molecule has 0 aliphatic carbocycles. The Morgan fingerprint density at radius 1 is 1.56 bits per heavy atom. The lowest BCUT2D eigenvalue weighted by Gasteiger charge is -2.24. The van der Waals surface area contributed by atoms with Gasteiger partial charge in [0, 0.05) is 31.9 Å². The third-order valence-corrected chi connectivity index (χ3v) is 3.94. The van der Waals surface area contributed by atoms with Crippen molar-refractivity contribution >= 4 is 5.91 Å². The van der Waals surface area contributed by atoms with Crippen LogP contribution in [0.2, 0.25) is 0 Å². The fraction of sp³-hybridized carbons (Fsp3) is 0.538. The second-order valence-electron chi connectivity index (χ2n) is 4.85. The van der Waals surface area contributed by atoms with Crippen LogP contribution in [0.4, 0.5) is 0 Å². The van der Waals surface area contributed by atoms with Crippen molar-refractivity contribution in [1.29, 1.82) is 0 Å². The van der Waals surface area contributed by atoms with Gasteiger partial charge in [0.1, 0.15) is 5.75 Å². The highest BCUT2D eigenvalue weighted by Crippen LogP contribution is 2.30. The summed E-state index contributed by atoms with van der Waals surface area (Å²) in [6.07, 6.45) is 4.32. The van der Waals surface area contributed by atoms with Gasteiger partial charge in [-0.2, -0.15) is 0 Å². The Bertz CT molecular complexity index is 463. The van der Waals surface area contributed by atoms with Crippen molar-refractivity contribution in [2.75, 3.05) is 26.7 Å². The molecule has 1 aromatic rings. The molecule has 1 aromatic heterocycles. The van der Waals surface area contributed by atoms with Gasteiger partial charge in [-0.1, -0.05) is 0 Å². The van der Waals surface area contributed by atoms with Crippen LogP contribution in [-0.2, 0) is 0 Å². The second-order valence-corrected chi connectivity index (χ2v) is 4.85. The third kappa shape index (κ3) is 1.75. The van der Waals surface area contributed by atoms with E-state index in [0.29, 0.717) is 23.3 Å². The number of hydrogen-bond acceptors (Lipinski definition) is 4. The maximum Gasteiger partial charge on any atom is 0.258 e. The summed E-state index contributed by atoms with van der Waals surface area (Å²) < 4.78 is 5.21. The predicted octanol–water partition coefficient (Wildman–Crippen LogP) is 0.524. The van der Waals surface area contributed by atoms with Crippen molar-refractivity contribution in [3.8, 4) is 5.75 Å². The number of carbonyl (C=O) groups excluding carboxylic acids is 1. The molecule has 1 amide bonds. The Morgan fingerprint density at radius 3 is 3.28 bits per heavy atom. The molecule has 2 aliphatic rings. The first-order valence-corrected chi connectivity index (χ1v) is 6.31. The summed E-state index contributed by atoms with van der Waals surface area (Å²) in [5.41, 5.74) is 0.611. The van der Waals surface area contributed by atoms with Crippen molar-refractivity contribution in [3.63, 3.8) is 0 Å². The molecule has 0 spiro atoms. The maximum absolute atomic E-state index is 12.6. The van der Waals surface area contributed by atoms with Gasteiger partial charge in [0.2, 0.25) is 0 Å². The summed E-state index contributed by atoms with van der Waals surface area (Å²) in [6.45, 7) is 2.78. The number of ether oxygens (including phenoxy) is 1. The lowest BCUT2D eigenvalue weighted by atomic mass is 10.0. The van der Waals surface area contributed by atoms with E-state index in [1.54, 1.807) is 25.6 Å². The number of rotatable bonds is 2. The lowest BCUT2D eigenvalue weighted by Crippen LogP contribution is -2.39. The smallest absolute Gasteiger partial charge is 0.258 e. The SMILES string of the molecule is COc1cnccc1C(=O)N1CC[C@H]2CNC[C@H]21. The molecule has 0 unspecified atom stereocenters. The summed E-state index contributed by atoms with van der Waals surface area (Å²) in [5, 5.41) is 3.35. The van der Waals surface area contributed by atoms with E-state index < -0.39 is 0 Å². The monoisotopic (exact) mass is 247 g/mol. The van der Waals surface area contributed by atoms with Crippen LogP contribution in [-0.4, -0.2) is 48.6 Å². The van der Waals surface area contributed by atoms with Crippen LogP contribution < -0.4 is 10.1 Å². The summed E-state index contributed by atoms with van der Waals surface area (Å²) in [7, 11) is 1.57. The van der Waals surface area contributed by atoms with E-state index >= 15 is 0 Å². The summed E-state index contributed by atoms with van der Waals surface area (Å²) in [5.74, 6) is 1.23. The minimum atomic E-state index is 0.0606. The van der Waals surface area contributed by atoms with Crippen molar-refractivity contribution in [3.05, 3.63) is 24.0 Å². The van der Waals surface area contributed by atoms with Crippen LogP contribution in [0, 0.1) is 5.92 Å². The highest BCUT2D eigenvalue weighted by molar-refractivity contribution is 5.97. The highest BCUT2D eigenvalue weighted by atomic mass is 16.5. The maximum atomic E-state index is 12.6. The molecule has 18 heavy (non-hydrogen) atoms. The van der Waals surface area contributed by atoms with Gasteiger partial charge >= 0.3 is 0 Å². The van der Waals surface area contributed by atoms with Crippen LogP contribution in [0.25, 0.3) is 0 Å². The second kappa shape index (κ2) is 4.57. The molecule has 0 bridgehead atoms. The van der Waals surface area contributed by atoms with Gasteiger partial charge in [-0.15, -0.1) is 0 Å². The van der Waals surface area contributed by atoms with Gasteiger partial charge in [-0.3, -0.25) is 9.78 Å². The first-order chi connectivity index (χ1) is 8.81.